The van der Waals surface area contributed by atoms with Crippen LogP contribution in [0.3, 0.4) is 0 Å². The van der Waals surface area contributed by atoms with E-state index >= 15 is 0 Å². The van der Waals surface area contributed by atoms with Gasteiger partial charge in [-0.05, 0) is 49.2 Å². The second-order valence-corrected chi connectivity index (χ2v) is 10.3. The number of nitrogens with zero attached hydrogens (tertiary/aromatic N) is 2. The van der Waals surface area contributed by atoms with Gasteiger partial charge in [-0.3, -0.25) is 14.4 Å². The zero-order valence-electron chi connectivity index (χ0n) is 19.0. The van der Waals surface area contributed by atoms with Crippen molar-refractivity contribution < 1.29 is 24.0 Å². The van der Waals surface area contributed by atoms with E-state index in [0.717, 1.165) is 9.78 Å². The number of fused-ring (bicyclic) bond motifs is 1. The lowest BCUT2D eigenvalue weighted by Gasteiger charge is -2.29. The molecular weight excluding hydrogens is 511 g/mol. The zero-order chi connectivity index (χ0) is 25.0. The molecule has 180 valence electrons. The molecule has 2 saturated heterocycles. The maximum atomic E-state index is 13.9. The van der Waals surface area contributed by atoms with Gasteiger partial charge in [0.05, 0.1) is 24.4 Å². The molecule has 5 rings (SSSR count). The third-order valence-electron chi connectivity index (χ3n) is 6.37. The Hall–Kier alpha value is -2.91. The van der Waals surface area contributed by atoms with E-state index in [-0.39, 0.29) is 10.6 Å². The molecule has 0 unspecified atom stereocenters. The van der Waals surface area contributed by atoms with Crippen molar-refractivity contribution >= 4 is 63.0 Å². The Morgan fingerprint density at radius 2 is 1.77 bits per heavy atom. The average Bonchev–Trinajstić information content (AvgIpc) is 3.44. The van der Waals surface area contributed by atoms with E-state index in [4.69, 9.17) is 32.8 Å². The van der Waals surface area contributed by atoms with Crippen LogP contribution < -0.4 is 9.96 Å². The monoisotopic (exact) mass is 530 g/mol. The Kier molecular flexibility index (Phi) is 6.09. The highest BCUT2D eigenvalue weighted by Gasteiger charge is 2.61. The minimum Gasteiger partial charge on any atom is -0.465 e. The number of thiophene rings is 1. The molecule has 0 N–H and O–H groups in total. The van der Waals surface area contributed by atoms with Crippen molar-refractivity contribution in [1.29, 1.82) is 0 Å². The normalized spacial score (nSPS) is 21.6. The number of carbonyl (C=O) groups excluding carboxylic acids is 3. The van der Waals surface area contributed by atoms with E-state index in [1.54, 1.807) is 30.2 Å². The first-order valence-corrected chi connectivity index (χ1v) is 12.3. The third kappa shape index (κ3) is 3.72. The summed E-state index contributed by atoms with van der Waals surface area (Å²) in [5.41, 5.74) is 2.14. The van der Waals surface area contributed by atoms with Crippen LogP contribution in [0, 0.1) is 19.8 Å². The first-order chi connectivity index (χ1) is 16.7. The number of amides is 2. The minimum atomic E-state index is -1.09. The first kappa shape index (κ1) is 23.8. The Morgan fingerprint density at radius 3 is 2.43 bits per heavy atom. The van der Waals surface area contributed by atoms with E-state index < -0.39 is 35.8 Å². The molecule has 2 aliphatic heterocycles. The van der Waals surface area contributed by atoms with Gasteiger partial charge in [0.1, 0.15) is 10.9 Å². The number of hydroxylamine groups is 1. The fourth-order valence-electron chi connectivity index (χ4n) is 4.58. The highest BCUT2D eigenvalue weighted by molar-refractivity contribution is 7.17. The lowest BCUT2D eigenvalue weighted by Crippen LogP contribution is -2.37. The number of para-hydroxylation sites is 1. The van der Waals surface area contributed by atoms with Crippen molar-refractivity contribution in [2.24, 2.45) is 5.92 Å². The predicted molar refractivity (Wildman–Crippen MR) is 134 cm³/mol. The number of imide groups is 1. The van der Waals surface area contributed by atoms with Crippen LogP contribution >= 0.6 is 34.5 Å². The number of methoxy groups -OCH3 is 1. The molecule has 2 amide bonds. The van der Waals surface area contributed by atoms with Crippen LogP contribution in [0.1, 0.15) is 32.4 Å². The van der Waals surface area contributed by atoms with E-state index in [9.17, 15) is 14.4 Å². The smallest absolute Gasteiger partial charge is 0.341 e. The molecule has 1 aromatic heterocycles. The molecule has 0 aliphatic carbocycles. The molecular formula is C25H20Cl2N2O5S. The van der Waals surface area contributed by atoms with Crippen molar-refractivity contribution in [2.45, 2.75) is 26.0 Å². The Balaban J connectivity index is 1.63. The van der Waals surface area contributed by atoms with Crippen LogP contribution in [0.25, 0.3) is 0 Å². The number of anilines is 2. The van der Waals surface area contributed by atoms with Crippen molar-refractivity contribution in [1.82, 2.24) is 0 Å². The van der Waals surface area contributed by atoms with Crippen molar-refractivity contribution in [3.05, 3.63) is 80.1 Å². The van der Waals surface area contributed by atoms with E-state index in [2.05, 4.69) is 0 Å². The molecule has 35 heavy (non-hydrogen) atoms. The van der Waals surface area contributed by atoms with Crippen molar-refractivity contribution in [3.63, 3.8) is 0 Å². The number of benzene rings is 2. The van der Waals surface area contributed by atoms with Crippen LogP contribution in [0.5, 0.6) is 0 Å². The summed E-state index contributed by atoms with van der Waals surface area (Å²) < 4.78 is 4.94. The first-order valence-electron chi connectivity index (χ1n) is 10.8. The number of hydrogen-bond acceptors (Lipinski definition) is 7. The number of halogens is 2. The van der Waals surface area contributed by atoms with Gasteiger partial charge in [-0.25, -0.2) is 14.8 Å². The van der Waals surface area contributed by atoms with E-state index in [1.165, 1.54) is 18.4 Å². The fourth-order valence-corrected chi connectivity index (χ4v) is 6.25. The summed E-state index contributed by atoms with van der Waals surface area (Å²) >= 11 is 13.9. The summed E-state index contributed by atoms with van der Waals surface area (Å²) in [6.45, 7) is 3.59. The summed E-state index contributed by atoms with van der Waals surface area (Å²) in [6.07, 6.45) is -1.09. The maximum absolute atomic E-state index is 13.9. The standard InChI is InChI=1S/C25H20Cl2N2O5S/c1-12-13(2)35-24(18(12)25(32)33-3)28-22(30)19-20(16-10-9-14(26)11-17(16)27)29(34-21(19)23(28)31)15-7-5-4-6-8-15/h4-11,19-21H,1-3H3/t19-,20+,21+/m1/s1. The Labute approximate surface area is 215 Å². The number of ether oxygens (including phenoxy) is 1. The van der Waals surface area contributed by atoms with Gasteiger partial charge in [0, 0.05) is 14.9 Å². The molecule has 2 aliphatic rings. The second kappa shape index (κ2) is 8.95. The SMILES string of the molecule is COC(=O)c1c(N2C(=O)[C@H]3[C@H](ON(c4ccccc4)[C@H]3c3ccc(Cl)cc3Cl)C2=O)sc(C)c1C. The van der Waals surface area contributed by atoms with Crippen molar-refractivity contribution in [2.75, 3.05) is 17.1 Å². The van der Waals surface area contributed by atoms with Gasteiger partial charge in [0.25, 0.3) is 5.91 Å². The number of aryl methyl sites for hydroxylation is 1. The molecule has 0 radical (unpaired) electrons. The Morgan fingerprint density at radius 1 is 1.06 bits per heavy atom. The average molecular weight is 531 g/mol. The largest absolute Gasteiger partial charge is 0.465 e. The molecule has 2 aromatic carbocycles. The molecule has 2 fully saturated rings. The van der Waals surface area contributed by atoms with E-state index in [0.29, 0.717) is 26.9 Å². The maximum Gasteiger partial charge on any atom is 0.341 e. The van der Waals surface area contributed by atoms with Crippen LogP contribution in [0.15, 0.2) is 48.5 Å². The summed E-state index contributed by atoms with van der Waals surface area (Å²) in [7, 11) is 1.26. The summed E-state index contributed by atoms with van der Waals surface area (Å²) in [5, 5.41) is 2.60. The lowest BCUT2D eigenvalue weighted by atomic mass is 9.90. The van der Waals surface area contributed by atoms with Gasteiger partial charge in [-0.15, -0.1) is 11.3 Å². The van der Waals surface area contributed by atoms with Gasteiger partial charge in [0.15, 0.2) is 6.10 Å². The third-order valence-corrected chi connectivity index (χ3v) is 8.12. The van der Waals surface area contributed by atoms with Gasteiger partial charge in [-0.2, -0.15) is 0 Å². The summed E-state index contributed by atoms with van der Waals surface area (Å²) in [4.78, 5) is 48.1. The summed E-state index contributed by atoms with van der Waals surface area (Å²) in [6, 6.07) is 13.5. The molecule has 3 heterocycles. The summed E-state index contributed by atoms with van der Waals surface area (Å²) in [5.74, 6) is -2.51. The van der Waals surface area contributed by atoms with Gasteiger partial charge in [0.2, 0.25) is 5.91 Å². The number of esters is 1. The Bertz CT molecular complexity index is 1360. The quantitative estimate of drug-likeness (QED) is 0.327. The van der Waals surface area contributed by atoms with Crippen LogP contribution in [0.4, 0.5) is 10.7 Å². The van der Waals surface area contributed by atoms with Crippen LogP contribution in [-0.4, -0.2) is 31.0 Å². The van der Waals surface area contributed by atoms with Gasteiger partial charge >= 0.3 is 5.97 Å². The molecule has 10 heteroatoms. The second-order valence-electron chi connectivity index (χ2n) is 8.29. The molecule has 0 bridgehead atoms. The van der Waals surface area contributed by atoms with Gasteiger partial charge in [-0.1, -0.05) is 47.5 Å². The number of rotatable bonds is 4. The zero-order valence-corrected chi connectivity index (χ0v) is 21.3. The van der Waals surface area contributed by atoms with E-state index in [1.807, 2.05) is 37.3 Å². The molecule has 3 aromatic rings. The number of carbonyl (C=O) groups is 3. The molecule has 0 saturated carbocycles. The highest BCUT2D eigenvalue weighted by Crippen LogP contribution is 2.50. The van der Waals surface area contributed by atoms with Crippen molar-refractivity contribution in [3.8, 4) is 0 Å². The lowest BCUT2D eigenvalue weighted by molar-refractivity contribution is -0.126. The fraction of sp³-hybridized carbons (Fsp3) is 0.240. The van der Waals surface area contributed by atoms with Crippen LogP contribution in [-0.2, 0) is 19.2 Å². The van der Waals surface area contributed by atoms with Gasteiger partial charge < -0.3 is 4.74 Å². The molecule has 7 nitrogen and oxygen atoms in total. The predicted octanol–water partition coefficient (Wildman–Crippen LogP) is 5.51. The highest BCUT2D eigenvalue weighted by atomic mass is 35.5. The number of hydrogen-bond donors (Lipinski definition) is 0. The minimum absolute atomic E-state index is 0.206. The van der Waals surface area contributed by atoms with Crippen LogP contribution in [0.2, 0.25) is 10.0 Å². The topological polar surface area (TPSA) is 76.2 Å². The molecule has 3 atom stereocenters. The molecule has 0 spiro atoms.